The molecule has 2 rings (SSSR count). The third-order valence-electron chi connectivity index (χ3n) is 4.01. The third-order valence-corrected chi connectivity index (χ3v) is 6.08. The Bertz CT molecular complexity index is 564. The summed E-state index contributed by atoms with van der Waals surface area (Å²) in [6, 6.07) is 1.91. The predicted octanol–water partition coefficient (Wildman–Crippen LogP) is 1.95. The number of rotatable bonds is 4. The molecule has 0 amide bonds. The minimum atomic E-state index is -2.98. The van der Waals surface area contributed by atoms with Crippen molar-refractivity contribution >= 4 is 25.8 Å². The van der Waals surface area contributed by atoms with Crippen molar-refractivity contribution in [3.63, 3.8) is 0 Å². The van der Waals surface area contributed by atoms with Crippen LogP contribution in [0.1, 0.15) is 37.3 Å². The fraction of sp³-hybridized carbons (Fsp3) is 0.615. The number of aromatic nitrogens is 1. The summed E-state index contributed by atoms with van der Waals surface area (Å²) < 4.78 is 24.4. The second-order valence-electron chi connectivity index (χ2n) is 5.46. The molecule has 1 aromatic rings. The van der Waals surface area contributed by atoms with Gasteiger partial charge in [0.15, 0.2) is 0 Å². The van der Waals surface area contributed by atoms with E-state index in [1.54, 1.807) is 12.4 Å². The highest BCUT2D eigenvalue weighted by Gasteiger charge is 2.33. The Morgan fingerprint density at radius 3 is 2.80 bits per heavy atom. The molecule has 112 valence electrons. The van der Waals surface area contributed by atoms with Gasteiger partial charge in [-0.3, -0.25) is 16.3 Å². The van der Waals surface area contributed by atoms with E-state index in [0.717, 1.165) is 29.3 Å². The summed E-state index contributed by atoms with van der Waals surface area (Å²) in [6.07, 6.45) is 8.13. The number of sulfone groups is 1. The van der Waals surface area contributed by atoms with E-state index in [1.807, 2.05) is 6.07 Å². The van der Waals surface area contributed by atoms with E-state index in [9.17, 15) is 8.42 Å². The molecule has 3 atom stereocenters. The average Bonchev–Trinajstić information content (AvgIpc) is 2.39. The van der Waals surface area contributed by atoms with E-state index >= 15 is 0 Å². The molecule has 1 heterocycles. The maximum atomic E-state index is 11.8. The Labute approximate surface area is 128 Å². The standard InChI is InChI=1S/C13H20BrN3O2S/c1-20(18,19)12-4-2-3-9(6-12)13(17-15)10-5-11(14)8-16-7-10/h5,7-9,12-13,17H,2-4,6,15H2,1H3. The summed E-state index contributed by atoms with van der Waals surface area (Å²) in [5.74, 6) is 5.91. The quantitative estimate of drug-likeness (QED) is 0.632. The summed E-state index contributed by atoms with van der Waals surface area (Å²) in [5, 5.41) is -0.253. The smallest absolute Gasteiger partial charge is 0.150 e. The van der Waals surface area contributed by atoms with Crippen molar-refractivity contribution in [2.24, 2.45) is 11.8 Å². The van der Waals surface area contributed by atoms with E-state index < -0.39 is 9.84 Å². The Morgan fingerprint density at radius 2 is 2.20 bits per heavy atom. The second kappa shape index (κ2) is 6.51. The topological polar surface area (TPSA) is 85.1 Å². The minimum absolute atomic E-state index is 0.0652. The lowest BCUT2D eigenvalue weighted by Gasteiger charge is -2.33. The zero-order valence-corrected chi connectivity index (χ0v) is 13.8. The normalized spacial score (nSPS) is 25.4. The molecule has 7 heteroatoms. The maximum Gasteiger partial charge on any atom is 0.150 e. The molecule has 3 unspecified atom stereocenters. The first-order valence-electron chi connectivity index (χ1n) is 6.67. The van der Waals surface area contributed by atoms with E-state index in [4.69, 9.17) is 5.84 Å². The monoisotopic (exact) mass is 361 g/mol. The van der Waals surface area contributed by atoms with Crippen LogP contribution < -0.4 is 11.3 Å². The van der Waals surface area contributed by atoms with Crippen LogP contribution in [-0.4, -0.2) is 24.9 Å². The second-order valence-corrected chi connectivity index (χ2v) is 8.70. The third kappa shape index (κ3) is 3.78. The largest absolute Gasteiger partial charge is 0.271 e. The molecule has 0 radical (unpaired) electrons. The number of hydrogen-bond acceptors (Lipinski definition) is 5. The van der Waals surface area contributed by atoms with Gasteiger partial charge in [-0.05, 0) is 52.7 Å². The molecule has 1 aliphatic carbocycles. The van der Waals surface area contributed by atoms with Gasteiger partial charge in [0.05, 0.1) is 11.3 Å². The highest BCUT2D eigenvalue weighted by molar-refractivity contribution is 9.10. The molecule has 1 fully saturated rings. The van der Waals surface area contributed by atoms with Gasteiger partial charge in [-0.25, -0.2) is 8.42 Å². The van der Waals surface area contributed by atoms with Crippen molar-refractivity contribution in [2.45, 2.75) is 37.0 Å². The number of halogens is 1. The molecular formula is C13H20BrN3O2S. The van der Waals surface area contributed by atoms with Crippen LogP contribution in [0.15, 0.2) is 22.9 Å². The van der Waals surface area contributed by atoms with Gasteiger partial charge in [0.2, 0.25) is 0 Å². The molecule has 0 aliphatic heterocycles. The average molecular weight is 362 g/mol. The van der Waals surface area contributed by atoms with Crippen LogP contribution in [0.5, 0.6) is 0 Å². The van der Waals surface area contributed by atoms with Gasteiger partial charge in [0.25, 0.3) is 0 Å². The molecule has 3 N–H and O–H groups in total. The molecule has 0 spiro atoms. The Hall–Kier alpha value is -0.500. The van der Waals surface area contributed by atoms with Crippen LogP contribution in [0.25, 0.3) is 0 Å². The van der Waals surface area contributed by atoms with Crippen molar-refractivity contribution in [2.75, 3.05) is 6.26 Å². The number of hydrogen-bond donors (Lipinski definition) is 2. The highest BCUT2D eigenvalue weighted by atomic mass is 79.9. The van der Waals surface area contributed by atoms with E-state index in [1.165, 1.54) is 6.26 Å². The van der Waals surface area contributed by atoms with Crippen molar-refractivity contribution in [3.05, 3.63) is 28.5 Å². The molecule has 0 bridgehead atoms. The zero-order chi connectivity index (χ0) is 14.8. The lowest BCUT2D eigenvalue weighted by molar-refractivity contribution is 0.274. The van der Waals surface area contributed by atoms with Crippen LogP contribution in [0.3, 0.4) is 0 Å². The molecule has 1 aliphatic rings. The Kier molecular flexibility index (Phi) is 5.17. The molecular weight excluding hydrogens is 342 g/mol. The summed E-state index contributed by atoms with van der Waals surface area (Å²) in [7, 11) is -2.98. The Morgan fingerprint density at radius 1 is 1.45 bits per heavy atom. The SMILES string of the molecule is CS(=O)(=O)C1CCCC(C(NN)c2cncc(Br)c2)C1. The predicted molar refractivity (Wildman–Crippen MR) is 82.6 cm³/mol. The lowest BCUT2D eigenvalue weighted by atomic mass is 9.81. The number of nitrogens with zero attached hydrogens (tertiary/aromatic N) is 1. The van der Waals surface area contributed by atoms with Gasteiger partial charge in [0.1, 0.15) is 9.84 Å². The molecule has 5 nitrogen and oxygen atoms in total. The summed E-state index contributed by atoms with van der Waals surface area (Å²) in [6.45, 7) is 0. The fourth-order valence-corrected chi connectivity index (χ4v) is 4.55. The van der Waals surface area contributed by atoms with E-state index in [-0.39, 0.29) is 17.2 Å². The maximum absolute atomic E-state index is 11.8. The zero-order valence-electron chi connectivity index (χ0n) is 11.4. The van der Waals surface area contributed by atoms with Gasteiger partial charge in [-0.1, -0.05) is 6.42 Å². The summed E-state index contributed by atoms with van der Waals surface area (Å²) in [4.78, 5) is 4.16. The van der Waals surface area contributed by atoms with Crippen molar-refractivity contribution in [1.29, 1.82) is 0 Å². The first kappa shape index (κ1) is 15.9. The summed E-state index contributed by atoms with van der Waals surface area (Å²) >= 11 is 3.40. The van der Waals surface area contributed by atoms with Crippen molar-refractivity contribution < 1.29 is 8.42 Å². The lowest BCUT2D eigenvalue weighted by Crippen LogP contribution is -2.38. The first-order valence-corrected chi connectivity index (χ1v) is 9.42. The molecule has 0 aromatic carbocycles. The molecule has 1 aromatic heterocycles. The highest BCUT2D eigenvalue weighted by Crippen LogP contribution is 2.36. The van der Waals surface area contributed by atoms with Crippen LogP contribution in [-0.2, 0) is 9.84 Å². The fourth-order valence-electron chi connectivity index (χ4n) is 2.98. The van der Waals surface area contributed by atoms with Crippen LogP contribution in [0.2, 0.25) is 0 Å². The number of nitrogens with two attached hydrogens (primary N) is 1. The van der Waals surface area contributed by atoms with Gasteiger partial charge in [-0.15, -0.1) is 0 Å². The molecule has 0 saturated heterocycles. The van der Waals surface area contributed by atoms with Crippen molar-refractivity contribution in [3.8, 4) is 0 Å². The van der Waals surface area contributed by atoms with E-state index in [2.05, 4.69) is 26.3 Å². The summed E-state index contributed by atoms with van der Waals surface area (Å²) in [5.41, 5.74) is 3.82. The van der Waals surface area contributed by atoms with Crippen LogP contribution >= 0.6 is 15.9 Å². The first-order chi connectivity index (χ1) is 9.41. The number of hydrazine groups is 1. The van der Waals surface area contributed by atoms with Crippen LogP contribution in [0, 0.1) is 5.92 Å². The molecule has 20 heavy (non-hydrogen) atoms. The van der Waals surface area contributed by atoms with Gasteiger partial charge in [0, 0.05) is 23.1 Å². The van der Waals surface area contributed by atoms with Crippen molar-refractivity contribution in [1.82, 2.24) is 10.4 Å². The Balaban J connectivity index is 2.19. The van der Waals surface area contributed by atoms with Gasteiger partial charge in [-0.2, -0.15) is 0 Å². The molecule has 1 saturated carbocycles. The number of nitrogens with one attached hydrogen (secondary N) is 1. The van der Waals surface area contributed by atoms with E-state index in [0.29, 0.717) is 6.42 Å². The minimum Gasteiger partial charge on any atom is -0.271 e. The van der Waals surface area contributed by atoms with Crippen LogP contribution in [0.4, 0.5) is 0 Å². The number of pyridine rings is 1. The van der Waals surface area contributed by atoms with Gasteiger partial charge >= 0.3 is 0 Å². The van der Waals surface area contributed by atoms with Gasteiger partial charge < -0.3 is 0 Å².